The van der Waals surface area contributed by atoms with Crippen molar-refractivity contribution >= 4 is 21.8 Å². The Morgan fingerprint density at radius 2 is 0.600 bits per heavy atom. The summed E-state index contributed by atoms with van der Waals surface area (Å²) < 4.78 is 2.34. The Labute approximate surface area is 319 Å². The van der Waals surface area contributed by atoms with E-state index in [0.29, 0.717) is 17.5 Å². The van der Waals surface area contributed by atoms with E-state index in [1.54, 1.807) is 0 Å². The van der Waals surface area contributed by atoms with Gasteiger partial charge in [0.15, 0.2) is 17.5 Å². The van der Waals surface area contributed by atoms with Gasteiger partial charge in [0.2, 0.25) is 0 Å². The zero-order valence-electron chi connectivity index (χ0n) is 29.9. The van der Waals surface area contributed by atoms with E-state index in [0.717, 1.165) is 44.5 Å². The first-order valence-corrected chi connectivity index (χ1v) is 18.5. The Kier molecular flexibility index (Phi) is 8.12. The summed E-state index contributed by atoms with van der Waals surface area (Å²) in [6, 6.07) is 72.2. The Morgan fingerprint density at radius 1 is 0.255 bits per heavy atom. The second-order valence-corrected chi connectivity index (χ2v) is 13.7. The molecule has 0 saturated heterocycles. The molecule has 2 aromatic heterocycles. The molecule has 0 atom stereocenters. The number of nitrogens with zero attached hydrogens (tertiary/aromatic N) is 4. The zero-order chi connectivity index (χ0) is 36.6. The van der Waals surface area contributed by atoms with E-state index >= 15 is 0 Å². The molecule has 0 radical (unpaired) electrons. The molecule has 0 spiro atoms. The maximum absolute atomic E-state index is 5.14. The lowest BCUT2D eigenvalue weighted by atomic mass is 10.0. The highest BCUT2D eigenvalue weighted by Gasteiger charge is 2.17. The van der Waals surface area contributed by atoms with E-state index in [4.69, 9.17) is 15.0 Å². The molecule has 0 bridgehead atoms. The van der Waals surface area contributed by atoms with Gasteiger partial charge in [-0.05, 0) is 57.6 Å². The molecule has 258 valence electrons. The Morgan fingerprint density at radius 3 is 1.09 bits per heavy atom. The van der Waals surface area contributed by atoms with Crippen molar-refractivity contribution in [1.29, 1.82) is 0 Å². The fraction of sp³-hybridized carbons (Fsp3) is 0. The van der Waals surface area contributed by atoms with Crippen LogP contribution in [-0.4, -0.2) is 19.5 Å². The number of aromatic nitrogens is 4. The SMILES string of the molecule is c1ccc(-c2ccc(-c3nc(-c4ccc(-c5ccccc5)cc4)nc(-c4ccc5c6ccccc6n(-c6ccc(-c7ccccc7)cc6)c5c4)n3)cc2)cc1. The average Bonchev–Trinajstić information content (AvgIpc) is 3.61. The van der Waals surface area contributed by atoms with Gasteiger partial charge < -0.3 is 4.57 Å². The van der Waals surface area contributed by atoms with Crippen molar-refractivity contribution in [3.8, 4) is 73.2 Å². The summed E-state index contributed by atoms with van der Waals surface area (Å²) in [6.45, 7) is 0. The molecule has 0 saturated carbocycles. The van der Waals surface area contributed by atoms with Gasteiger partial charge in [0, 0.05) is 33.2 Å². The van der Waals surface area contributed by atoms with E-state index in [1.165, 1.54) is 33.0 Å². The maximum atomic E-state index is 5.14. The van der Waals surface area contributed by atoms with Crippen LogP contribution in [0.5, 0.6) is 0 Å². The first-order chi connectivity index (χ1) is 27.2. The number of rotatable bonds is 7. The van der Waals surface area contributed by atoms with Crippen LogP contribution in [0.3, 0.4) is 0 Å². The third-order valence-electron chi connectivity index (χ3n) is 10.3. The molecule has 0 fully saturated rings. The number of hydrogen-bond acceptors (Lipinski definition) is 3. The summed E-state index contributed by atoms with van der Waals surface area (Å²) in [5, 5.41) is 2.37. The van der Waals surface area contributed by atoms with Crippen molar-refractivity contribution in [2.24, 2.45) is 0 Å². The lowest BCUT2D eigenvalue weighted by Gasteiger charge is -2.11. The van der Waals surface area contributed by atoms with Gasteiger partial charge in [-0.3, -0.25) is 0 Å². The first-order valence-electron chi connectivity index (χ1n) is 18.5. The van der Waals surface area contributed by atoms with Crippen LogP contribution in [0.2, 0.25) is 0 Å². The highest BCUT2D eigenvalue weighted by atomic mass is 15.0. The van der Waals surface area contributed by atoms with Crippen molar-refractivity contribution < 1.29 is 0 Å². The third-order valence-corrected chi connectivity index (χ3v) is 10.3. The summed E-state index contributed by atoms with van der Waals surface area (Å²) >= 11 is 0. The summed E-state index contributed by atoms with van der Waals surface area (Å²) in [6.07, 6.45) is 0. The molecule has 0 aliphatic rings. The van der Waals surface area contributed by atoms with Crippen LogP contribution in [-0.2, 0) is 0 Å². The number of hydrogen-bond donors (Lipinski definition) is 0. The molecule has 0 N–H and O–H groups in total. The van der Waals surface area contributed by atoms with E-state index in [9.17, 15) is 0 Å². The monoisotopic (exact) mass is 702 g/mol. The van der Waals surface area contributed by atoms with Gasteiger partial charge in [0.1, 0.15) is 0 Å². The second kappa shape index (κ2) is 13.8. The molecule has 0 aliphatic carbocycles. The smallest absolute Gasteiger partial charge is 0.164 e. The average molecular weight is 703 g/mol. The van der Waals surface area contributed by atoms with Gasteiger partial charge in [-0.15, -0.1) is 0 Å². The van der Waals surface area contributed by atoms with Crippen molar-refractivity contribution in [3.05, 3.63) is 206 Å². The molecule has 8 aromatic carbocycles. The third kappa shape index (κ3) is 6.16. The lowest BCUT2D eigenvalue weighted by molar-refractivity contribution is 1.07. The zero-order valence-corrected chi connectivity index (χ0v) is 29.9. The predicted octanol–water partition coefficient (Wildman–Crippen LogP) is 13.0. The highest BCUT2D eigenvalue weighted by molar-refractivity contribution is 6.10. The van der Waals surface area contributed by atoms with Gasteiger partial charge in [0.25, 0.3) is 0 Å². The molecule has 0 unspecified atom stereocenters. The summed E-state index contributed by atoms with van der Waals surface area (Å²) in [4.78, 5) is 15.4. The van der Waals surface area contributed by atoms with Crippen LogP contribution in [0.1, 0.15) is 0 Å². The van der Waals surface area contributed by atoms with E-state index < -0.39 is 0 Å². The van der Waals surface area contributed by atoms with Crippen LogP contribution >= 0.6 is 0 Å². The fourth-order valence-electron chi connectivity index (χ4n) is 7.47. The molecular weight excluding hydrogens is 669 g/mol. The topological polar surface area (TPSA) is 43.6 Å². The minimum atomic E-state index is 0.623. The lowest BCUT2D eigenvalue weighted by Crippen LogP contribution is -2.00. The summed E-state index contributed by atoms with van der Waals surface area (Å²) in [7, 11) is 0. The molecule has 55 heavy (non-hydrogen) atoms. The van der Waals surface area contributed by atoms with Crippen molar-refractivity contribution in [1.82, 2.24) is 19.5 Å². The normalized spacial score (nSPS) is 11.3. The molecule has 0 aliphatic heterocycles. The molecule has 4 nitrogen and oxygen atoms in total. The highest BCUT2D eigenvalue weighted by Crippen LogP contribution is 2.36. The summed E-state index contributed by atoms with van der Waals surface area (Å²) in [5.41, 5.74) is 13.1. The van der Waals surface area contributed by atoms with Crippen molar-refractivity contribution in [3.63, 3.8) is 0 Å². The molecule has 10 aromatic rings. The number of para-hydroxylation sites is 1. The van der Waals surface area contributed by atoms with Crippen LogP contribution in [0, 0.1) is 0 Å². The van der Waals surface area contributed by atoms with Crippen LogP contribution in [0.15, 0.2) is 206 Å². The van der Waals surface area contributed by atoms with Gasteiger partial charge in [-0.2, -0.15) is 0 Å². The Bertz CT molecular complexity index is 2820. The molecular formula is C51H34N4. The number of benzene rings is 8. The van der Waals surface area contributed by atoms with Crippen LogP contribution < -0.4 is 0 Å². The van der Waals surface area contributed by atoms with Crippen molar-refractivity contribution in [2.75, 3.05) is 0 Å². The minimum absolute atomic E-state index is 0.623. The number of fused-ring (bicyclic) bond motifs is 3. The van der Waals surface area contributed by atoms with E-state index in [-0.39, 0.29) is 0 Å². The van der Waals surface area contributed by atoms with Gasteiger partial charge in [0.05, 0.1) is 11.0 Å². The van der Waals surface area contributed by atoms with Crippen LogP contribution in [0.25, 0.3) is 95.0 Å². The minimum Gasteiger partial charge on any atom is -0.309 e. The first kappa shape index (κ1) is 32.2. The van der Waals surface area contributed by atoms with Crippen molar-refractivity contribution in [2.45, 2.75) is 0 Å². The quantitative estimate of drug-likeness (QED) is 0.166. The largest absolute Gasteiger partial charge is 0.309 e. The molecule has 2 heterocycles. The van der Waals surface area contributed by atoms with Gasteiger partial charge in [-0.25, -0.2) is 15.0 Å². The Hall–Kier alpha value is -7.43. The van der Waals surface area contributed by atoms with Gasteiger partial charge >= 0.3 is 0 Å². The molecule has 10 rings (SSSR count). The Balaban J connectivity index is 1.11. The van der Waals surface area contributed by atoms with E-state index in [2.05, 4.69) is 199 Å². The standard InChI is InChI=1S/C51H34N4/c1-4-12-35(13-5-1)38-20-24-41(25-21-38)49-52-50(42-26-22-39(23-27-42)36-14-6-2-7-15-36)54-51(53-49)43-30-33-46-45-18-10-11-19-47(45)55(48(46)34-43)44-31-28-40(29-32-44)37-16-8-3-9-17-37/h1-34H. The predicted molar refractivity (Wildman–Crippen MR) is 227 cm³/mol. The second-order valence-electron chi connectivity index (χ2n) is 13.7. The van der Waals surface area contributed by atoms with Crippen LogP contribution in [0.4, 0.5) is 0 Å². The molecule has 4 heteroatoms. The van der Waals surface area contributed by atoms with E-state index in [1.807, 2.05) is 12.1 Å². The molecule has 0 amide bonds. The maximum Gasteiger partial charge on any atom is 0.164 e. The fourth-order valence-corrected chi connectivity index (χ4v) is 7.47. The van der Waals surface area contributed by atoms with Gasteiger partial charge in [-0.1, -0.05) is 182 Å². The summed E-state index contributed by atoms with van der Waals surface area (Å²) in [5.74, 6) is 1.88.